The summed E-state index contributed by atoms with van der Waals surface area (Å²) in [5.41, 5.74) is 0.633. The van der Waals surface area contributed by atoms with E-state index in [9.17, 15) is 0 Å². The minimum absolute atomic E-state index is 0.633. The van der Waals surface area contributed by atoms with Gasteiger partial charge in [0.15, 0.2) is 0 Å². The van der Waals surface area contributed by atoms with Crippen molar-refractivity contribution in [2.45, 2.75) is 52.1 Å². The second kappa shape index (κ2) is 2.47. The predicted molar refractivity (Wildman–Crippen MR) is 52.1 cm³/mol. The topological polar surface area (TPSA) is 3.24 Å². The highest BCUT2D eigenvalue weighted by Gasteiger charge is 2.63. The Kier molecular flexibility index (Phi) is 1.76. The van der Waals surface area contributed by atoms with E-state index in [1.54, 1.807) is 0 Å². The lowest BCUT2D eigenvalue weighted by molar-refractivity contribution is 0.125. The van der Waals surface area contributed by atoms with Crippen LogP contribution in [-0.2, 0) is 0 Å². The molecule has 2 fully saturated rings. The number of fused-ring (bicyclic) bond motifs is 1. The number of hydrogen-bond donors (Lipinski definition) is 0. The van der Waals surface area contributed by atoms with Gasteiger partial charge in [-0.05, 0) is 45.1 Å². The van der Waals surface area contributed by atoms with Crippen LogP contribution in [0.2, 0.25) is 0 Å². The summed E-state index contributed by atoms with van der Waals surface area (Å²) in [5, 5.41) is 0. The summed E-state index contributed by atoms with van der Waals surface area (Å²) < 4.78 is 0. The molecule has 1 aliphatic heterocycles. The third-order valence-electron chi connectivity index (χ3n) is 4.00. The van der Waals surface area contributed by atoms with Crippen LogP contribution in [0.4, 0.5) is 0 Å². The largest absolute Gasteiger partial charge is 0.295 e. The first kappa shape index (κ1) is 8.55. The molecule has 0 aromatic heterocycles. The van der Waals surface area contributed by atoms with Gasteiger partial charge in [0.05, 0.1) is 0 Å². The van der Waals surface area contributed by atoms with E-state index < -0.39 is 0 Å². The quantitative estimate of drug-likeness (QED) is 0.611. The summed E-state index contributed by atoms with van der Waals surface area (Å²) in [4.78, 5) is 2.74. The van der Waals surface area contributed by atoms with Crippen molar-refractivity contribution in [2.75, 3.05) is 6.54 Å². The Hall–Kier alpha value is -0.0400. The first-order valence-corrected chi connectivity index (χ1v) is 5.35. The maximum Gasteiger partial charge on any atom is 0.0267 e. The zero-order valence-corrected chi connectivity index (χ0v) is 8.80. The average molecular weight is 167 g/mol. The fraction of sp³-hybridized carbons (Fsp3) is 1.00. The molecule has 0 N–H and O–H groups in total. The molecule has 1 nitrogen and oxygen atoms in total. The summed E-state index contributed by atoms with van der Waals surface area (Å²) >= 11 is 0. The van der Waals surface area contributed by atoms with Crippen LogP contribution in [0.25, 0.3) is 0 Å². The van der Waals surface area contributed by atoms with Gasteiger partial charge in [-0.2, -0.15) is 0 Å². The van der Waals surface area contributed by atoms with Crippen LogP contribution in [-0.4, -0.2) is 23.0 Å². The maximum absolute atomic E-state index is 2.74. The molecular weight excluding hydrogens is 146 g/mol. The molecule has 0 radical (unpaired) electrons. The molecule has 1 aliphatic carbocycles. The molecule has 0 amide bonds. The third kappa shape index (κ3) is 0.891. The molecule has 12 heavy (non-hydrogen) atoms. The summed E-state index contributed by atoms with van der Waals surface area (Å²) in [6.07, 6.45) is 2.93. The van der Waals surface area contributed by atoms with Crippen molar-refractivity contribution in [1.29, 1.82) is 0 Å². The predicted octanol–water partition coefficient (Wildman–Crippen LogP) is 2.52. The average Bonchev–Trinajstić information content (AvgIpc) is 2.58. The van der Waals surface area contributed by atoms with E-state index in [0.29, 0.717) is 5.54 Å². The van der Waals surface area contributed by atoms with Crippen LogP contribution in [0.1, 0.15) is 40.5 Å². The van der Waals surface area contributed by atoms with Gasteiger partial charge >= 0.3 is 0 Å². The highest BCUT2D eigenvalue weighted by molar-refractivity contribution is 5.17. The zero-order valence-electron chi connectivity index (χ0n) is 8.80. The summed E-state index contributed by atoms with van der Waals surface area (Å²) in [6, 6.07) is 0.750. The van der Waals surface area contributed by atoms with Gasteiger partial charge in [0.25, 0.3) is 0 Å². The number of hydrogen-bond acceptors (Lipinski definition) is 1. The van der Waals surface area contributed by atoms with Crippen molar-refractivity contribution in [1.82, 2.24) is 4.90 Å². The maximum atomic E-state index is 2.74. The minimum Gasteiger partial charge on any atom is -0.295 e. The van der Waals surface area contributed by atoms with Crippen LogP contribution in [0.5, 0.6) is 0 Å². The van der Waals surface area contributed by atoms with Crippen LogP contribution in [0.3, 0.4) is 0 Å². The van der Waals surface area contributed by atoms with Gasteiger partial charge in [0.1, 0.15) is 0 Å². The molecule has 1 saturated carbocycles. The molecule has 0 aromatic rings. The molecular formula is C11H21N. The Labute approximate surface area is 76.1 Å². The third-order valence-corrected chi connectivity index (χ3v) is 4.00. The van der Waals surface area contributed by atoms with Crippen molar-refractivity contribution in [3.05, 3.63) is 0 Å². The van der Waals surface area contributed by atoms with Gasteiger partial charge in [-0.15, -0.1) is 0 Å². The number of likely N-dealkylation sites (tertiary alicyclic amines) is 1. The standard InChI is InChI=1S/C11H21N/c1-8(2)11-7-10(11)5-6-12(11)9(3)4/h8-10H,5-7H2,1-4H3. The van der Waals surface area contributed by atoms with Crippen molar-refractivity contribution >= 4 is 0 Å². The lowest BCUT2D eigenvalue weighted by atomic mass is 9.98. The van der Waals surface area contributed by atoms with Crippen LogP contribution in [0, 0.1) is 11.8 Å². The van der Waals surface area contributed by atoms with Gasteiger partial charge in [0, 0.05) is 11.6 Å². The molecule has 1 saturated heterocycles. The highest BCUT2D eigenvalue weighted by atomic mass is 15.3. The lowest BCUT2D eigenvalue weighted by Gasteiger charge is -2.34. The van der Waals surface area contributed by atoms with E-state index in [1.165, 1.54) is 19.4 Å². The van der Waals surface area contributed by atoms with E-state index >= 15 is 0 Å². The number of piperidine rings is 1. The monoisotopic (exact) mass is 167 g/mol. The van der Waals surface area contributed by atoms with Gasteiger partial charge in [-0.1, -0.05) is 13.8 Å². The molecule has 1 heterocycles. The Bertz CT molecular complexity index is 181. The van der Waals surface area contributed by atoms with Crippen LogP contribution < -0.4 is 0 Å². The Balaban J connectivity index is 2.16. The molecule has 0 aromatic carbocycles. The van der Waals surface area contributed by atoms with Gasteiger partial charge in [-0.25, -0.2) is 0 Å². The smallest absolute Gasteiger partial charge is 0.0267 e. The molecule has 70 valence electrons. The second-order valence-electron chi connectivity index (χ2n) is 5.12. The minimum atomic E-state index is 0.633. The molecule has 2 unspecified atom stereocenters. The van der Waals surface area contributed by atoms with Gasteiger partial charge in [0.2, 0.25) is 0 Å². The zero-order chi connectivity index (χ0) is 8.93. The molecule has 0 spiro atoms. The van der Waals surface area contributed by atoms with Crippen LogP contribution in [0.15, 0.2) is 0 Å². The fourth-order valence-electron chi connectivity index (χ4n) is 3.32. The van der Waals surface area contributed by atoms with E-state index in [-0.39, 0.29) is 0 Å². The van der Waals surface area contributed by atoms with Crippen molar-refractivity contribution in [2.24, 2.45) is 11.8 Å². The fourth-order valence-corrected chi connectivity index (χ4v) is 3.32. The Morgan fingerprint density at radius 2 is 1.92 bits per heavy atom. The SMILES string of the molecule is CC(C)N1CCC2CC21C(C)C. The first-order valence-electron chi connectivity index (χ1n) is 5.35. The molecule has 2 rings (SSSR count). The number of rotatable bonds is 2. The lowest BCUT2D eigenvalue weighted by Crippen LogP contribution is -2.43. The normalized spacial score (nSPS) is 41.0. The van der Waals surface area contributed by atoms with Crippen LogP contribution >= 0.6 is 0 Å². The Morgan fingerprint density at radius 3 is 2.25 bits per heavy atom. The first-order chi connectivity index (χ1) is 5.59. The van der Waals surface area contributed by atoms with Gasteiger partial charge < -0.3 is 0 Å². The molecule has 2 atom stereocenters. The summed E-state index contributed by atoms with van der Waals surface area (Å²) in [5.74, 6) is 1.90. The van der Waals surface area contributed by atoms with Crippen molar-refractivity contribution in [3.63, 3.8) is 0 Å². The Morgan fingerprint density at radius 1 is 1.25 bits per heavy atom. The molecule has 2 aliphatic rings. The van der Waals surface area contributed by atoms with E-state index in [0.717, 1.165) is 17.9 Å². The molecule has 0 bridgehead atoms. The second-order valence-corrected chi connectivity index (χ2v) is 5.12. The summed E-state index contributed by atoms with van der Waals surface area (Å²) in [6.45, 7) is 10.8. The van der Waals surface area contributed by atoms with Crippen molar-refractivity contribution in [3.8, 4) is 0 Å². The summed E-state index contributed by atoms with van der Waals surface area (Å²) in [7, 11) is 0. The number of nitrogens with zero attached hydrogens (tertiary/aromatic N) is 1. The molecule has 1 heteroatoms. The van der Waals surface area contributed by atoms with E-state index in [1.807, 2.05) is 0 Å². The van der Waals surface area contributed by atoms with E-state index in [4.69, 9.17) is 0 Å². The van der Waals surface area contributed by atoms with E-state index in [2.05, 4.69) is 32.6 Å². The highest BCUT2D eigenvalue weighted by Crippen LogP contribution is 2.60. The van der Waals surface area contributed by atoms with Crippen molar-refractivity contribution < 1.29 is 0 Å². The van der Waals surface area contributed by atoms with Gasteiger partial charge in [-0.3, -0.25) is 4.90 Å².